The maximum absolute atomic E-state index is 2.36. The second kappa shape index (κ2) is 4.80. The van der Waals surface area contributed by atoms with Gasteiger partial charge in [0.25, 0.3) is 0 Å². The highest BCUT2D eigenvalue weighted by Crippen LogP contribution is 2.25. The number of hydrogen-bond acceptors (Lipinski definition) is 0. The molecule has 1 heteroatoms. The molecule has 0 bridgehead atoms. The molecule has 1 rings (SSSR count). The van der Waals surface area contributed by atoms with Gasteiger partial charge in [0.1, 0.15) is 5.69 Å². The van der Waals surface area contributed by atoms with Crippen LogP contribution in [0.4, 0.5) is 5.69 Å². The third kappa shape index (κ3) is 2.60. The van der Waals surface area contributed by atoms with Gasteiger partial charge in [-0.3, -0.25) is 4.48 Å². The van der Waals surface area contributed by atoms with Gasteiger partial charge >= 0.3 is 0 Å². The minimum Gasteiger partial charge on any atom is -0.294 e. The Morgan fingerprint density at radius 3 is 2.20 bits per heavy atom. The van der Waals surface area contributed by atoms with Crippen LogP contribution in [-0.4, -0.2) is 20.1 Å². The van der Waals surface area contributed by atoms with Crippen LogP contribution in [0.1, 0.15) is 39.2 Å². The highest BCUT2D eigenvalue weighted by molar-refractivity contribution is 5.45. The van der Waals surface area contributed by atoms with Gasteiger partial charge in [-0.25, -0.2) is 0 Å². The van der Waals surface area contributed by atoms with Crippen molar-refractivity contribution in [2.75, 3.05) is 20.1 Å². The second-order valence-electron chi connectivity index (χ2n) is 4.78. The summed E-state index contributed by atoms with van der Waals surface area (Å²) in [5.74, 6) is 0.618. The topological polar surface area (TPSA) is 0 Å². The van der Waals surface area contributed by atoms with Crippen molar-refractivity contribution in [1.82, 2.24) is 4.48 Å². The van der Waals surface area contributed by atoms with Gasteiger partial charge in [-0.2, -0.15) is 0 Å². The lowest BCUT2D eigenvalue weighted by Crippen LogP contribution is -2.44. The van der Waals surface area contributed by atoms with Crippen LogP contribution in [0.2, 0.25) is 0 Å². The summed E-state index contributed by atoms with van der Waals surface area (Å²) in [5.41, 5.74) is 2.88. The van der Waals surface area contributed by atoms with Gasteiger partial charge < -0.3 is 0 Å². The summed E-state index contributed by atoms with van der Waals surface area (Å²) < 4.78 is 1.03. The maximum Gasteiger partial charge on any atom is 0.132 e. The van der Waals surface area contributed by atoms with Crippen molar-refractivity contribution in [2.24, 2.45) is 0 Å². The van der Waals surface area contributed by atoms with E-state index in [2.05, 4.69) is 59.0 Å². The molecule has 0 heterocycles. The van der Waals surface area contributed by atoms with Crippen molar-refractivity contribution >= 4 is 5.69 Å². The molecule has 1 aromatic rings. The number of quaternary nitrogens is 1. The highest BCUT2D eigenvalue weighted by atomic mass is 15.3. The van der Waals surface area contributed by atoms with Crippen molar-refractivity contribution in [2.45, 2.75) is 33.6 Å². The first-order chi connectivity index (χ1) is 7.03. The Kier molecular flexibility index (Phi) is 3.92. The first-order valence-corrected chi connectivity index (χ1v) is 5.98. The Hall–Kier alpha value is -0.820. The van der Waals surface area contributed by atoms with E-state index in [4.69, 9.17) is 0 Å². The van der Waals surface area contributed by atoms with Crippen LogP contribution >= 0.6 is 0 Å². The minimum atomic E-state index is 0.618. The van der Waals surface area contributed by atoms with Crippen LogP contribution < -0.4 is 4.48 Å². The zero-order chi connectivity index (χ0) is 11.5. The van der Waals surface area contributed by atoms with Gasteiger partial charge in [0.15, 0.2) is 0 Å². The quantitative estimate of drug-likeness (QED) is 0.658. The molecule has 0 aliphatic carbocycles. The van der Waals surface area contributed by atoms with E-state index in [0.29, 0.717) is 5.92 Å². The Morgan fingerprint density at radius 1 is 1.13 bits per heavy atom. The van der Waals surface area contributed by atoms with E-state index in [1.165, 1.54) is 11.3 Å². The average molecular weight is 206 g/mol. The minimum absolute atomic E-state index is 0.618. The first kappa shape index (κ1) is 12.3. The molecular weight excluding hydrogens is 182 g/mol. The molecule has 0 unspecified atom stereocenters. The summed E-state index contributed by atoms with van der Waals surface area (Å²) in [5, 5.41) is 0. The maximum atomic E-state index is 2.36. The standard InChI is InChI=1S/C14H24N/c1-6-15(5,7-2)14-10-8-9-13(11-14)12(3)4/h8-12H,6-7H2,1-5H3/q+1. The van der Waals surface area contributed by atoms with Crippen molar-refractivity contribution in [1.29, 1.82) is 0 Å². The summed E-state index contributed by atoms with van der Waals surface area (Å²) >= 11 is 0. The summed E-state index contributed by atoms with van der Waals surface area (Å²) in [6.07, 6.45) is 0. The van der Waals surface area contributed by atoms with Crippen molar-refractivity contribution in [3.63, 3.8) is 0 Å². The molecular formula is C14H24N+. The van der Waals surface area contributed by atoms with E-state index in [1.807, 2.05) is 0 Å². The van der Waals surface area contributed by atoms with Crippen molar-refractivity contribution in [3.8, 4) is 0 Å². The van der Waals surface area contributed by atoms with Crippen LogP contribution in [0.25, 0.3) is 0 Å². The van der Waals surface area contributed by atoms with E-state index in [-0.39, 0.29) is 0 Å². The third-order valence-electron chi connectivity index (χ3n) is 3.56. The van der Waals surface area contributed by atoms with Gasteiger partial charge in [-0.1, -0.05) is 26.0 Å². The molecule has 0 aliphatic rings. The van der Waals surface area contributed by atoms with Crippen LogP contribution in [0, 0.1) is 0 Å². The number of rotatable bonds is 4. The van der Waals surface area contributed by atoms with Crippen LogP contribution in [0.5, 0.6) is 0 Å². The number of benzene rings is 1. The zero-order valence-electron chi connectivity index (χ0n) is 10.7. The van der Waals surface area contributed by atoms with Gasteiger partial charge in [-0.05, 0) is 31.4 Å². The molecule has 0 N–H and O–H groups in total. The molecule has 84 valence electrons. The zero-order valence-corrected chi connectivity index (χ0v) is 10.7. The molecule has 15 heavy (non-hydrogen) atoms. The van der Waals surface area contributed by atoms with Crippen molar-refractivity contribution < 1.29 is 0 Å². The monoisotopic (exact) mass is 206 g/mol. The molecule has 0 fully saturated rings. The molecule has 0 amide bonds. The van der Waals surface area contributed by atoms with E-state index in [0.717, 1.165) is 17.6 Å². The summed E-state index contributed by atoms with van der Waals surface area (Å²) in [6.45, 7) is 11.3. The first-order valence-electron chi connectivity index (χ1n) is 5.98. The fraction of sp³-hybridized carbons (Fsp3) is 0.571. The summed E-state index contributed by atoms with van der Waals surface area (Å²) in [6, 6.07) is 9.02. The molecule has 0 radical (unpaired) electrons. The van der Waals surface area contributed by atoms with Crippen LogP contribution in [-0.2, 0) is 0 Å². The third-order valence-corrected chi connectivity index (χ3v) is 3.56. The Labute approximate surface area is 94.3 Å². The second-order valence-corrected chi connectivity index (χ2v) is 4.78. The van der Waals surface area contributed by atoms with Gasteiger partial charge in [0.2, 0.25) is 0 Å². The Bertz CT molecular complexity index is 311. The molecule has 0 aromatic heterocycles. The summed E-state index contributed by atoms with van der Waals surface area (Å²) in [7, 11) is 2.31. The lowest BCUT2D eigenvalue weighted by atomic mass is 10.0. The largest absolute Gasteiger partial charge is 0.294 e. The normalized spacial score (nSPS) is 12.1. The predicted octanol–water partition coefficient (Wildman–Crippen LogP) is 3.79. The van der Waals surface area contributed by atoms with E-state index in [9.17, 15) is 0 Å². The number of nitrogens with zero attached hydrogens (tertiary/aromatic N) is 1. The fourth-order valence-corrected chi connectivity index (χ4v) is 1.81. The molecule has 0 saturated heterocycles. The average Bonchev–Trinajstić information content (AvgIpc) is 2.28. The predicted molar refractivity (Wildman–Crippen MR) is 69.3 cm³/mol. The Balaban J connectivity index is 3.09. The number of hydrogen-bond donors (Lipinski definition) is 0. The van der Waals surface area contributed by atoms with E-state index in [1.54, 1.807) is 0 Å². The van der Waals surface area contributed by atoms with Gasteiger partial charge in [-0.15, -0.1) is 0 Å². The van der Waals surface area contributed by atoms with Crippen LogP contribution in [0.3, 0.4) is 0 Å². The fourth-order valence-electron chi connectivity index (χ4n) is 1.81. The molecule has 1 nitrogen and oxygen atoms in total. The summed E-state index contributed by atoms with van der Waals surface area (Å²) in [4.78, 5) is 0. The van der Waals surface area contributed by atoms with E-state index < -0.39 is 0 Å². The molecule has 0 aliphatic heterocycles. The molecule has 0 saturated carbocycles. The van der Waals surface area contributed by atoms with Gasteiger partial charge in [0.05, 0.1) is 20.1 Å². The van der Waals surface area contributed by atoms with Crippen LogP contribution in [0.15, 0.2) is 24.3 Å². The van der Waals surface area contributed by atoms with Crippen molar-refractivity contribution in [3.05, 3.63) is 29.8 Å². The van der Waals surface area contributed by atoms with E-state index >= 15 is 0 Å². The molecule has 1 aromatic carbocycles. The smallest absolute Gasteiger partial charge is 0.132 e. The Morgan fingerprint density at radius 2 is 1.73 bits per heavy atom. The lowest BCUT2D eigenvalue weighted by molar-refractivity contribution is 0.364. The van der Waals surface area contributed by atoms with Gasteiger partial charge in [0, 0.05) is 6.07 Å². The lowest BCUT2D eigenvalue weighted by Gasteiger charge is -2.32. The SMILES string of the molecule is CC[N+](C)(CC)c1cccc(C(C)C)c1. The highest BCUT2D eigenvalue weighted by Gasteiger charge is 2.20. The molecule has 0 atom stereocenters. The molecule has 0 spiro atoms.